The Labute approximate surface area is 316 Å². The first-order valence-electron chi connectivity index (χ1n) is 19.3. The third-order valence-electron chi connectivity index (χ3n) is 12.3. The highest BCUT2D eigenvalue weighted by molar-refractivity contribution is 5.73. The molecule has 0 bridgehead atoms. The number of aliphatic hydroxyl groups excluding tert-OH is 4. The number of aliphatic hydroxyl groups is 6. The number of hydrogen-bond donors (Lipinski definition) is 6. The van der Waals surface area contributed by atoms with Crippen LogP contribution in [0.25, 0.3) is 0 Å². The van der Waals surface area contributed by atoms with Crippen LogP contribution in [0.1, 0.15) is 88.5 Å². The van der Waals surface area contributed by atoms with Crippen molar-refractivity contribution in [1.82, 2.24) is 9.80 Å². The Hall–Kier alpha value is -1.05. The first-order valence-corrected chi connectivity index (χ1v) is 19.3. The summed E-state index contributed by atoms with van der Waals surface area (Å²) < 4.78 is 37.3. The van der Waals surface area contributed by atoms with Gasteiger partial charge in [0.25, 0.3) is 0 Å². The number of rotatable bonds is 7. The number of cyclic esters (lactones) is 1. The van der Waals surface area contributed by atoms with Crippen LogP contribution in [0.4, 0.5) is 0 Å². The molecule has 19 atom stereocenters. The molecule has 15 heteroatoms. The van der Waals surface area contributed by atoms with Gasteiger partial charge in [-0.15, -0.1) is 0 Å². The molecule has 3 fully saturated rings. The molecule has 0 aromatic rings. The van der Waals surface area contributed by atoms with Crippen LogP contribution in [-0.4, -0.2) is 178 Å². The predicted octanol–water partition coefficient (Wildman–Crippen LogP) is 0.872. The van der Waals surface area contributed by atoms with Gasteiger partial charge in [-0.2, -0.15) is 0 Å². The molecule has 3 aliphatic heterocycles. The molecular weight excluding hydrogens is 692 g/mol. The van der Waals surface area contributed by atoms with Gasteiger partial charge in [-0.1, -0.05) is 20.8 Å². The second-order valence-corrected chi connectivity index (χ2v) is 17.2. The molecule has 0 aromatic heterocycles. The Kier molecular flexibility index (Phi) is 15.8. The van der Waals surface area contributed by atoms with Crippen LogP contribution in [0.2, 0.25) is 0 Å². The lowest BCUT2D eigenvalue weighted by molar-refractivity contribution is -0.327. The van der Waals surface area contributed by atoms with Crippen molar-refractivity contribution in [3.63, 3.8) is 0 Å². The maximum absolute atomic E-state index is 14.2. The molecule has 15 nitrogen and oxygen atoms in total. The van der Waals surface area contributed by atoms with E-state index in [0.29, 0.717) is 6.54 Å². The van der Waals surface area contributed by atoms with Crippen molar-refractivity contribution < 1.29 is 63.9 Å². The van der Waals surface area contributed by atoms with E-state index >= 15 is 0 Å². The summed E-state index contributed by atoms with van der Waals surface area (Å²) in [6, 6.07) is -1.31. The summed E-state index contributed by atoms with van der Waals surface area (Å²) in [5.41, 5.74) is -4.50. The number of esters is 1. The summed E-state index contributed by atoms with van der Waals surface area (Å²) in [5.74, 6) is -2.78. The zero-order valence-electron chi connectivity index (χ0n) is 34.5. The molecule has 3 aliphatic rings. The van der Waals surface area contributed by atoms with Gasteiger partial charge in [0.2, 0.25) is 0 Å². The lowest BCUT2D eigenvalue weighted by Gasteiger charge is -2.49. The third kappa shape index (κ3) is 10.1. The van der Waals surface area contributed by atoms with Crippen molar-refractivity contribution in [2.24, 2.45) is 17.8 Å². The molecule has 0 amide bonds. The molecule has 0 aromatic carbocycles. The molecule has 53 heavy (non-hydrogen) atoms. The van der Waals surface area contributed by atoms with Crippen LogP contribution in [-0.2, 0) is 33.2 Å². The Morgan fingerprint density at radius 2 is 1.49 bits per heavy atom. The van der Waals surface area contributed by atoms with Crippen LogP contribution in [0.5, 0.6) is 0 Å². The number of carbonyl (C=O) groups excluding carboxylic acids is 1. The molecule has 0 saturated carbocycles. The number of nitrogens with zero attached hydrogens (tertiary/aromatic N) is 2. The Morgan fingerprint density at radius 3 is 2.04 bits per heavy atom. The summed E-state index contributed by atoms with van der Waals surface area (Å²) in [7, 11) is 6.78. The van der Waals surface area contributed by atoms with E-state index in [1.54, 1.807) is 74.4 Å². The molecule has 3 saturated heterocycles. The molecule has 6 N–H and O–H groups in total. The van der Waals surface area contributed by atoms with E-state index in [4.69, 9.17) is 28.4 Å². The van der Waals surface area contributed by atoms with E-state index in [0.717, 1.165) is 0 Å². The highest BCUT2D eigenvalue weighted by Gasteiger charge is 2.53. The van der Waals surface area contributed by atoms with Gasteiger partial charge in [-0.25, -0.2) is 0 Å². The van der Waals surface area contributed by atoms with Crippen LogP contribution in [0.3, 0.4) is 0 Å². The lowest BCUT2D eigenvalue weighted by Crippen LogP contribution is -2.64. The van der Waals surface area contributed by atoms with Crippen LogP contribution in [0, 0.1) is 17.8 Å². The average molecular weight is 765 g/mol. The lowest BCUT2D eigenvalue weighted by atomic mass is 9.77. The quantitative estimate of drug-likeness (QED) is 0.200. The first kappa shape index (κ1) is 46.3. The maximum Gasteiger partial charge on any atom is 0.311 e. The van der Waals surface area contributed by atoms with Gasteiger partial charge >= 0.3 is 5.97 Å². The van der Waals surface area contributed by atoms with Gasteiger partial charge in [0.15, 0.2) is 12.6 Å². The second-order valence-electron chi connectivity index (χ2n) is 17.2. The van der Waals surface area contributed by atoms with Crippen molar-refractivity contribution in [2.75, 3.05) is 34.8 Å². The Balaban J connectivity index is 2.19. The number of carbonyl (C=O) groups is 1. The SMILES string of the molecule is CC[C@H]1OC(=O)[C@H](C)[C@@H](O[C@H]2CC(C)(OC)[C@@H](O)C(C)O2)[C@H](C)[C@@H](O[C@@H]2OC(C)[C@@H](O)C(N(C)C)C2O)[C@](C)(O)C[C@@H](C)CN(C)[C@H](C)[C@@H](O)[C@]1(C)O. The van der Waals surface area contributed by atoms with Crippen LogP contribution >= 0.6 is 0 Å². The summed E-state index contributed by atoms with van der Waals surface area (Å²) in [6.45, 7) is 17.5. The average Bonchev–Trinajstić information content (AvgIpc) is 3.06. The highest BCUT2D eigenvalue weighted by Crippen LogP contribution is 2.40. The minimum absolute atomic E-state index is 0.103. The van der Waals surface area contributed by atoms with Crippen molar-refractivity contribution in [2.45, 2.75) is 185 Å². The smallest absolute Gasteiger partial charge is 0.311 e. The number of hydrogen-bond acceptors (Lipinski definition) is 15. The number of methoxy groups -OCH3 is 1. The van der Waals surface area contributed by atoms with E-state index in [9.17, 15) is 35.4 Å². The molecule has 312 valence electrons. The van der Waals surface area contributed by atoms with Crippen LogP contribution in [0.15, 0.2) is 0 Å². The largest absolute Gasteiger partial charge is 0.459 e. The standard InChI is InChI=1S/C38H72N2O13/c1-15-25-38(10,47)31(43)22(5)40(13)18-19(2)16-36(8,46)33(53-35-29(42)27(39(11)12)28(41)23(6)50-35)20(3)30(21(4)34(45)51-25)52-26-17-37(9,48-14)32(44)24(7)49-26/h19-33,35,41-44,46-47H,15-18H2,1-14H3/t19-,20+,21-,22-,23?,24?,25-,26+,27?,28-,29?,30+,31-,32+,33-,35+,36-,37?,38-/m1/s1. The van der Waals surface area contributed by atoms with Crippen molar-refractivity contribution >= 4 is 5.97 Å². The van der Waals surface area contributed by atoms with Crippen molar-refractivity contribution in [1.29, 1.82) is 0 Å². The summed E-state index contributed by atoms with van der Waals surface area (Å²) in [5, 5.41) is 69.1. The van der Waals surface area contributed by atoms with Gasteiger partial charge in [0.05, 0.1) is 53.7 Å². The number of ether oxygens (including phenoxy) is 6. The van der Waals surface area contributed by atoms with E-state index in [1.807, 2.05) is 18.9 Å². The second kappa shape index (κ2) is 18.0. The summed E-state index contributed by atoms with van der Waals surface area (Å²) in [6.07, 6.45) is -11.1. The summed E-state index contributed by atoms with van der Waals surface area (Å²) in [4.78, 5) is 17.8. The Bertz CT molecular complexity index is 1180. The van der Waals surface area contributed by atoms with Gasteiger partial charge in [-0.05, 0) is 88.4 Å². The van der Waals surface area contributed by atoms with Gasteiger partial charge in [0, 0.05) is 32.0 Å². The molecule has 3 heterocycles. The molecule has 3 rings (SSSR count). The van der Waals surface area contributed by atoms with E-state index in [2.05, 4.69) is 0 Å². The predicted molar refractivity (Wildman–Crippen MR) is 196 cm³/mol. The fraction of sp³-hybridized carbons (Fsp3) is 0.974. The molecule has 5 unspecified atom stereocenters. The van der Waals surface area contributed by atoms with Gasteiger partial charge < -0.3 is 68.9 Å². The monoisotopic (exact) mass is 765 g/mol. The summed E-state index contributed by atoms with van der Waals surface area (Å²) >= 11 is 0. The van der Waals surface area contributed by atoms with Crippen molar-refractivity contribution in [3.8, 4) is 0 Å². The molecular formula is C38H72N2O13. The molecule has 0 spiro atoms. The van der Waals surface area contributed by atoms with E-state index in [1.165, 1.54) is 14.0 Å². The maximum atomic E-state index is 14.2. The third-order valence-corrected chi connectivity index (χ3v) is 12.3. The normalized spacial score (nSPS) is 50.3. The zero-order valence-corrected chi connectivity index (χ0v) is 34.5. The fourth-order valence-corrected chi connectivity index (χ4v) is 8.82. The van der Waals surface area contributed by atoms with Crippen LogP contribution < -0.4 is 0 Å². The molecule has 0 radical (unpaired) electrons. The molecule has 0 aliphatic carbocycles. The van der Waals surface area contributed by atoms with Crippen molar-refractivity contribution in [3.05, 3.63) is 0 Å². The number of likely N-dealkylation sites (N-methyl/N-ethyl adjacent to an activating group) is 2. The van der Waals surface area contributed by atoms with E-state index in [-0.39, 0.29) is 25.2 Å². The fourth-order valence-electron chi connectivity index (χ4n) is 8.82. The minimum atomic E-state index is -1.82. The minimum Gasteiger partial charge on any atom is -0.459 e. The van der Waals surface area contributed by atoms with E-state index < -0.39 is 114 Å². The topological polar surface area (TPSA) is 200 Å². The van der Waals surface area contributed by atoms with Gasteiger partial charge in [0.1, 0.15) is 30.0 Å². The van der Waals surface area contributed by atoms with Gasteiger partial charge in [-0.3, -0.25) is 4.79 Å². The Morgan fingerprint density at radius 1 is 0.887 bits per heavy atom. The highest BCUT2D eigenvalue weighted by atomic mass is 16.7. The zero-order chi connectivity index (χ0) is 40.5. The first-order chi connectivity index (χ1) is 24.3.